The molecular formula is C16H28IN3O. The van der Waals surface area contributed by atoms with Crippen LogP contribution in [0.15, 0.2) is 4.99 Å². The van der Waals surface area contributed by atoms with Crippen molar-refractivity contribution >= 4 is 29.9 Å². The zero-order valence-corrected chi connectivity index (χ0v) is 15.5. The lowest BCUT2D eigenvalue weighted by atomic mass is 9.82. The third kappa shape index (κ3) is 2.92. The maximum atomic E-state index is 6.06. The summed E-state index contributed by atoms with van der Waals surface area (Å²) < 4.78 is 6.06. The van der Waals surface area contributed by atoms with Gasteiger partial charge in [-0.05, 0) is 38.0 Å². The van der Waals surface area contributed by atoms with Gasteiger partial charge in [0.1, 0.15) is 0 Å². The summed E-state index contributed by atoms with van der Waals surface area (Å²) in [7, 11) is 0. The minimum atomic E-state index is 0. The molecule has 4 rings (SSSR count). The van der Waals surface area contributed by atoms with E-state index in [1.54, 1.807) is 0 Å². The van der Waals surface area contributed by atoms with Gasteiger partial charge in [-0.1, -0.05) is 6.92 Å². The van der Waals surface area contributed by atoms with Crippen LogP contribution in [0.3, 0.4) is 0 Å². The Morgan fingerprint density at radius 3 is 2.38 bits per heavy atom. The molecule has 3 heterocycles. The number of rotatable bonds is 3. The molecule has 4 fully saturated rings. The number of nitrogens with zero attached hydrogens (tertiary/aromatic N) is 2. The first-order chi connectivity index (χ1) is 9.76. The van der Waals surface area contributed by atoms with Gasteiger partial charge in [0, 0.05) is 38.0 Å². The lowest BCUT2D eigenvalue weighted by Gasteiger charge is -2.23. The molecule has 1 saturated carbocycles. The summed E-state index contributed by atoms with van der Waals surface area (Å²) in [5, 5.41) is 3.50. The number of halogens is 1. The third-order valence-corrected chi connectivity index (χ3v) is 5.84. The van der Waals surface area contributed by atoms with Crippen molar-refractivity contribution < 1.29 is 4.74 Å². The van der Waals surface area contributed by atoms with Gasteiger partial charge in [0.05, 0.1) is 12.2 Å². The topological polar surface area (TPSA) is 36.9 Å². The summed E-state index contributed by atoms with van der Waals surface area (Å²) in [5.41, 5.74) is 0. The van der Waals surface area contributed by atoms with Crippen molar-refractivity contribution in [3.63, 3.8) is 0 Å². The van der Waals surface area contributed by atoms with Gasteiger partial charge in [-0.3, -0.25) is 4.99 Å². The van der Waals surface area contributed by atoms with Gasteiger partial charge >= 0.3 is 0 Å². The molecule has 3 saturated heterocycles. The predicted octanol–water partition coefficient (Wildman–Crippen LogP) is 2.34. The number of hydrogen-bond acceptors (Lipinski definition) is 2. The number of aliphatic imine (C=N–C) groups is 1. The summed E-state index contributed by atoms with van der Waals surface area (Å²) in [6.45, 7) is 8.78. The van der Waals surface area contributed by atoms with Crippen LogP contribution in [0, 0.1) is 23.7 Å². The molecule has 0 aromatic rings. The fraction of sp³-hybridized carbons (Fsp3) is 0.938. The molecule has 0 amide bonds. The average Bonchev–Trinajstić information content (AvgIpc) is 2.89. The average molecular weight is 405 g/mol. The zero-order chi connectivity index (χ0) is 13.7. The van der Waals surface area contributed by atoms with Gasteiger partial charge in [-0.25, -0.2) is 0 Å². The highest BCUT2D eigenvalue weighted by Gasteiger charge is 2.53. The normalized spacial score (nSPS) is 43.7. The Balaban J connectivity index is 0.00000132. The van der Waals surface area contributed by atoms with E-state index in [-0.39, 0.29) is 24.0 Å². The van der Waals surface area contributed by atoms with Crippen molar-refractivity contribution in [1.29, 1.82) is 0 Å². The predicted molar refractivity (Wildman–Crippen MR) is 95.1 cm³/mol. The minimum Gasteiger partial charge on any atom is -0.374 e. The Bertz CT molecular complexity index is 398. The number of nitrogens with one attached hydrogen (secondary N) is 1. The van der Waals surface area contributed by atoms with E-state index in [1.807, 2.05) is 0 Å². The molecule has 6 atom stereocenters. The zero-order valence-electron chi connectivity index (χ0n) is 13.1. The van der Waals surface area contributed by atoms with Gasteiger partial charge < -0.3 is 15.0 Å². The number of fused-ring (bicyclic) bond motifs is 5. The first-order valence-electron chi connectivity index (χ1n) is 8.45. The van der Waals surface area contributed by atoms with E-state index in [0.29, 0.717) is 12.2 Å². The summed E-state index contributed by atoms with van der Waals surface area (Å²) in [6, 6.07) is 0. The standard InChI is InChI=1S/C16H27N3O.HI/c1-3-17-16(18-7-11-6-10(11)2)19-8-12-13(9-19)15-5-4-14(12)20-15;/h10-15H,3-9H2,1-2H3,(H,17,18);1H. The van der Waals surface area contributed by atoms with Crippen LogP contribution in [0.25, 0.3) is 0 Å². The van der Waals surface area contributed by atoms with E-state index < -0.39 is 0 Å². The second kappa shape index (κ2) is 6.22. The summed E-state index contributed by atoms with van der Waals surface area (Å²) >= 11 is 0. The molecule has 6 unspecified atom stereocenters. The Morgan fingerprint density at radius 2 is 1.86 bits per heavy atom. The minimum absolute atomic E-state index is 0. The number of guanidine groups is 1. The fourth-order valence-electron chi connectivity index (χ4n) is 4.42. The highest BCUT2D eigenvalue weighted by atomic mass is 127. The van der Waals surface area contributed by atoms with Crippen molar-refractivity contribution in [1.82, 2.24) is 10.2 Å². The Morgan fingerprint density at radius 1 is 1.24 bits per heavy atom. The van der Waals surface area contributed by atoms with Crippen LogP contribution < -0.4 is 5.32 Å². The Kier molecular flexibility index (Phi) is 4.69. The maximum absolute atomic E-state index is 6.06. The second-order valence-electron chi connectivity index (χ2n) is 7.19. The van der Waals surface area contributed by atoms with Crippen molar-refractivity contribution in [2.75, 3.05) is 26.2 Å². The number of ether oxygens (including phenoxy) is 1. The van der Waals surface area contributed by atoms with E-state index in [9.17, 15) is 0 Å². The van der Waals surface area contributed by atoms with E-state index in [1.165, 1.54) is 19.3 Å². The molecule has 0 spiro atoms. The molecule has 4 aliphatic rings. The monoisotopic (exact) mass is 405 g/mol. The quantitative estimate of drug-likeness (QED) is 0.445. The van der Waals surface area contributed by atoms with Gasteiger partial charge in [-0.2, -0.15) is 0 Å². The molecule has 5 heteroatoms. The summed E-state index contributed by atoms with van der Waals surface area (Å²) in [4.78, 5) is 7.40. The lowest BCUT2D eigenvalue weighted by Crippen LogP contribution is -2.41. The highest BCUT2D eigenvalue weighted by Crippen LogP contribution is 2.47. The first kappa shape index (κ1) is 15.8. The molecule has 120 valence electrons. The molecule has 0 radical (unpaired) electrons. The highest BCUT2D eigenvalue weighted by molar-refractivity contribution is 14.0. The van der Waals surface area contributed by atoms with Gasteiger partial charge in [0.25, 0.3) is 0 Å². The van der Waals surface area contributed by atoms with Gasteiger partial charge in [0.2, 0.25) is 0 Å². The van der Waals surface area contributed by atoms with Crippen LogP contribution in [-0.4, -0.2) is 49.2 Å². The third-order valence-electron chi connectivity index (χ3n) is 5.84. The van der Waals surface area contributed by atoms with Gasteiger partial charge in [0.15, 0.2) is 5.96 Å². The molecular weight excluding hydrogens is 377 g/mol. The van der Waals surface area contributed by atoms with Crippen molar-refractivity contribution in [2.24, 2.45) is 28.7 Å². The SMILES string of the molecule is CCNC(=NCC1CC1C)N1CC2C3CCC(O3)C2C1.I. The van der Waals surface area contributed by atoms with Crippen LogP contribution in [0.2, 0.25) is 0 Å². The van der Waals surface area contributed by atoms with Crippen molar-refractivity contribution in [3.05, 3.63) is 0 Å². The van der Waals surface area contributed by atoms with Crippen LogP contribution in [0.5, 0.6) is 0 Å². The molecule has 1 aliphatic carbocycles. The fourth-order valence-corrected chi connectivity index (χ4v) is 4.42. The first-order valence-corrected chi connectivity index (χ1v) is 8.45. The Labute approximate surface area is 145 Å². The largest absolute Gasteiger partial charge is 0.374 e. The number of hydrogen-bond donors (Lipinski definition) is 1. The molecule has 0 aromatic carbocycles. The maximum Gasteiger partial charge on any atom is 0.193 e. The van der Waals surface area contributed by atoms with Gasteiger partial charge in [-0.15, -0.1) is 24.0 Å². The summed E-state index contributed by atoms with van der Waals surface area (Å²) in [5.74, 6) is 4.41. The van der Waals surface area contributed by atoms with E-state index in [0.717, 1.165) is 55.8 Å². The molecule has 4 nitrogen and oxygen atoms in total. The number of likely N-dealkylation sites (tertiary alicyclic amines) is 1. The lowest BCUT2D eigenvalue weighted by molar-refractivity contribution is 0.0767. The molecule has 2 bridgehead atoms. The molecule has 21 heavy (non-hydrogen) atoms. The van der Waals surface area contributed by atoms with Crippen LogP contribution >= 0.6 is 24.0 Å². The smallest absolute Gasteiger partial charge is 0.193 e. The van der Waals surface area contributed by atoms with E-state index in [2.05, 4.69) is 24.1 Å². The van der Waals surface area contributed by atoms with Crippen LogP contribution in [-0.2, 0) is 4.74 Å². The van der Waals surface area contributed by atoms with E-state index >= 15 is 0 Å². The second-order valence-corrected chi connectivity index (χ2v) is 7.19. The van der Waals surface area contributed by atoms with Crippen molar-refractivity contribution in [3.8, 4) is 0 Å². The van der Waals surface area contributed by atoms with Crippen LogP contribution in [0.4, 0.5) is 0 Å². The van der Waals surface area contributed by atoms with E-state index in [4.69, 9.17) is 9.73 Å². The molecule has 0 aromatic heterocycles. The Hall–Kier alpha value is -0.0400. The molecule has 3 aliphatic heterocycles. The van der Waals surface area contributed by atoms with Crippen LogP contribution in [0.1, 0.15) is 33.1 Å². The molecule has 1 N–H and O–H groups in total. The summed E-state index contributed by atoms with van der Waals surface area (Å²) in [6.07, 6.45) is 5.02. The van der Waals surface area contributed by atoms with Crippen molar-refractivity contribution in [2.45, 2.75) is 45.3 Å².